The van der Waals surface area contributed by atoms with Crippen molar-refractivity contribution in [3.05, 3.63) is 23.2 Å². The summed E-state index contributed by atoms with van der Waals surface area (Å²) < 4.78 is 37.6. The van der Waals surface area contributed by atoms with E-state index in [0.717, 1.165) is 4.90 Å². The third-order valence-electron chi connectivity index (χ3n) is 4.20. The Morgan fingerprint density at radius 1 is 1.21 bits per heavy atom. The van der Waals surface area contributed by atoms with Crippen molar-refractivity contribution < 1.29 is 22.8 Å². The van der Waals surface area contributed by atoms with E-state index in [2.05, 4.69) is 10.6 Å². The van der Waals surface area contributed by atoms with Gasteiger partial charge in [-0.1, -0.05) is 25.4 Å². The Labute approximate surface area is 177 Å². The molecule has 160 valence electrons. The minimum atomic E-state index is -4.86. The molecule has 0 aliphatic carbocycles. The molecule has 2 rings (SSSR count). The normalized spacial score (nSPS) is 14.7. The molecule has 2 amide bonds. The van der Waals surface area contributed by atoms with Gasteiger partial charge in [0.1, 0.15) is 0 Å². The van der Waals surface area contributed by atoms with Crippen LogP contribution in [-0.2, 0) is 9.59 Å². The summed E-state index contributed by atoms with van der Waals surface area (Å²) >= 11 is 11.4. The van der Waals surface area contributed by atoms with Gasteiger partial charge in [-0.3, -0.25) is 9.59 Å². The summed E-state index contributed by atoms with van der Waals surface area (Å²) in [5.41, 5.74) is 1.21. The molecular weight excluding hydrogens is 429 g/mol. The van der Waals surface area contributed by atoms with Gasteiger partial charge in [-0.15, -0.1) is 0 Å². The Balaban J connectivity index is 1.94. The van der Waals surface area contributed by atoms with Crippen LogP contribution in [0.3, 0.4) is 0 Å². The molecule has 0 radical (unpaired) electrons. The highest BCUT2D eigenvalue weighted by Gasteiger charge is 2.43. The first-order valence-electron chi connectivity index (χ1n) is 8.98. The van der Waals surface area contributed by atoms with Gasteiger partial charge in [0.15, 0.2) is 5.11 Å². The molecule has 1 aliphatic heterocycles. The number of rotatable bonds is 4. The van der Waals surface area contributed by atoms with Crippen LogP contribution in [0.25, 0.3) is 0 Å². The topological polar surface area (TPSA) is 64.7 Å². The Kier molecular flexibility index (Phi) is 7.70. The van der Waals surface area contributed by atoms with Crippen molar-refractivity contribution in [2.24, 2.45) is 5.92 Å². The first-order chi connectivity index (χ1) is 13.5. The van der Waals surface area contributed by atoms with Gasteiger partial charge < -0.3 is 20.4 Å². The van der Waals surface area contributed by atoms with Crippen LogP contribution in [0, 0.1) is 5.92 Å². The smallest absolute Gasteiger partial charge is 0.367 e. The summed E-state index contributed by atoms with van der Waals surface area (Å²) in [6.07, 6.45) is -4.51. The molecule has 0 unspecified atom stereocenters. The SMILES string of the molecule is CC(C)CC(=O)NC(=S)Nc1ccc(N2CCN(C(=O)C(F)(F)F)CC2)c(Cl)c1. The molecule has 1 heterocycles. The van der Waals surface area contributed by atoms with E-state index in [4.69, 9.17) is 23.8 Å². The third-order valence-corrected chi connectivity index (χ3v) is 4.71. The lowest BCUT2D eigenvalue weighted by Crippen LogP contribution is -2.52. The van der Waals surface area contributed by atoms with E-state index < -0.39 is 12.1 Å². The van der Waals surface area contributed by atoms with Crippen molar-refractivity contribution >= 4 is 52.1 Å². The fourth-order valence-corrected chi connectivity index (χ4v) is 3.41. The second-order valence-corrected chi connectivity index (χ2v) is 7.86. The van der Waals surface area contributed by atoms with Crippen LogP contribution in [-0.4, -0.2) is 54.2 Å². The standard InChI is InChI=1S/C18H22ClF3N4O2S/c1-11(2)9-15(27)24-17(29)23-12-3-4-14(13(19)10-12)25-5-7-26(8-6-25)16(28)18(20,21)22/h3-4,10-11H,5-9H2,1-2H3,(H2,23,24,27,29). The van der Waals surface area contributed by atoms with Gasteiger partial charge in [0.25, 0.3) is 0 Å². The van der Waals surface area contributed by atoms with Crippen molar-refractivity contribution in [2.75, 3.05) is 36.4 Å². The maximum absolute atomic E-state index is 12.5. The summed E-state index contributed by atoms with van der Waals surface area (Å²) in [6.45, 7) is 4.23. The second kappa shape index (κ2) is 9.62. The number of nitrogens with one attached hydrogen (secondary N) is 2. The van der Waals surface area contributed by atoms with Crippen LogP contribution in [0.15, 0.2) is 18.2 Å². The zero-order valence-electron chi connectivity index (χ0n) is 16.0. The van der Waals surface area contributed by atoms with Crippen LogP contribution in [0.5, 0.6) is 0 Å². The van der Waals surface area contributed by atoms with Crippen molar-refractivity contribution in [1.29, 1.82) is 0 Å². The van der Waals surface area contributed by atoms with Gasteiger partial charge >= 0.3 is 12.1 Å². The van der Waals surface area contributed by atoms with Gasteiger partial charge in [0.05, 0.1) is 10.7 Å². The molecule has 29 heavy (non-hydrogen) atoms. The van der Waals surface area contributed by atoms with Crippen LogP contribution in [0.1, 0.15) is 20.3 Å². The zero-order chi connectivity index (χ0) is 21.8. The van der Waals surface area contributed by atoms with Gasteiger partial charge in [0, 0.05) is 38.3 Å². The second-order valence-electron chi connectivity index (χ2n) is 7.04. The van der Waals surface area contributed by atoms with Crippen LogP contribution >= 0.6 is 23.8 Å². The predicted molar refractivity (Wildman–Crippen MR) is 110 cm³/mol. The Morgan fingerprint density at radius 2 is 1.83 bits per heavy atom. The molecule has 11 heteroatoms. The molecule has 6 nitrogen and oxygen atoms in total. The predicted octanol–water partition coefficient (Wildman–Crippen LogP) is 3.41. The molecular formula is C18H22ClF3N4O2S. The quantitative estimate of drug-likeness (QED) is 0.688. The number of benzene rings is 1. The summed E-state index contributed by atoms with van der Waals surface area (Å²) in [5, 5.41) is 5.99. The summed E-state index contributed by atoms with van der Waals surface area (Å²) in [5.74, 6) is -1.80. The molecule has 0 bridgehead atoms. The number of halogens is 4. The first-order valence-corrected chi connectivity index (χ1v) is 9.77. The van der Waals surface area contributed by atoms with E-state index in [9.17, 15) is 22.8 Å². The van der Waals surface area contributed by atoms with Crippen molar-refractivity contribution in [3.63, 3.8) is 0 Å². The Hall–Kier alpha value is -2.07. The molecule has 1 fully saturated rings. The highest BCUT2D eigenvalue weighted by atomic mass is 35.5. The van der Waals surface area contributed by atoms with E-state index in [0.29, 0.717) is 22.8 Å². The number of anilines is 2. The zero-order valence-corrected chi connectivity index (χ0v) is 17.5. The number of thiocarbonyl (C=S) groups is 1. The average molecular weight is 451 g/mol. The number of piperazine rings is 1. The molecule has 1 aliphatic rings. The van der Waals surface area contributed by atoms with Crippen LogP contribution in [0.4, 0.5) is 24.5 Å². The molecule has 0 saturated carbocycles. The molecule has 0 aromatic heterocycles. The van der Waals surface area contributed by atoms with Crippen molar-refractivity contribution in [1.82, 2.24) is 10.2 Å². The molecule has 2 N–H and O–H groups in total. The van der Waals surface area contributed by atoms with Crippen molar-refractivity contribution in [3.8, 4) is 0 Å². The van der Waals surface area contributed by atoms with Crippen LogP contribution < -0.4 is 15.5 Å². The van der Waals surface area contributed by atoms with E-state index in [1.165, 1.54) is 0 Å². The number of nitrogens with zero attached hydrogens (tertiary/aromatic N) is 2. The van der Waals surface area contributed by atoms with E-state index >= 15 is 0 Å². The third kappa shape index (κ3) is 6.74. The Morgan fingerprint density at radius 3 is 2.34 bits per heavy atom. The van der Waals surface area contributed by atoms with E-state index in [1.807, 2.05) is 18.7 Å². The number of carbonyl (C=O) groups excluding carboxylic acids is 2. The average Bonchev–Trinajstić information content (AvgIpc) is 2.59. The summed E-state index contributed by atoms with van der Waals surface area (Å²) in [7, 11) is 0. The fraction of sp³-hybridized carbons (Fsp3) is 0.500. The highest BCUT2D eigenvalue weighted by molar-refractivity contribution is 7.80. The van der Waals surface area contributed by atoms with Gasteiger partial charge in [-0.05, 0) is 36.3 Å². The van der Waals surface area contributed by atoms with E-state index in [1.54, 1.807) is 18.2 Å². The molecule has 0 spiro atoms. The minimum Gasteiger partial charge on any atom is -0.367 e. The van der Waals surface area contributed by atoms with Gasteiger partial charge in [-0.2, -0.15) is 13.2 Å². The lowest BCUT2D eigenvalue weighted by Gasteiger charge is -2.36. The Bertz CT molecular complexity index is 781. The number of hydrogen-bond acceptors (Lipinski definition) is 4. The maximum atomic E-state index is 12.5. The summed E-state index contributed by atoms with van der Waals surface area (Å²) in [4.78, 5) is 25.7. The molecule has 0 atom stereocenters. The first kappa shape index (κ1) is 23.2. The van der Waals surface area contributed by atoms with Gasteiger partial charge in [-0.25, -0.2) is 0 Å². The van der Waals surface area contributed by atoms with Crippen molar-refractivity contribution in [2.45, 2.75) is 26.4 Å². The number of carbonyl (C=O) groups is 2. The van der Waals surface area contributed by atoms with E-state index in [-0.39, 0.29) is 43.1 Å². The highest BCUT2D eigenvalue weighted by Crippen LogP contribution is 2.30. The number of alkyl halides is 3. The molecule has 1 aromatic rings. The number of hydrogen-bond donors (Lipinski definition) is 2. The molecule has 1 aromatic carbocycles. The monoisotopic (exact) mass is 450 g/mol. The van der Waals surface area contributed by atoms with Crippen LogP contribution in [0.2, 0.25) is 5.02 Å². The fourth-order valence-electron chi connectivity index (χ4n) is 2.88. The molecule has 1 saturated heterocycles. The minimum absolute atomic E-state index is 0.0410. The lowest BCUT2D eigenvalue weighted by molar-refractivity contribution is -0.185. The maximum Gasteiger partial charge on any atom is 0.471 e. The lowest BCUT2D eigenvalue weighted by atomic mass is 10.1. The largest absolute Gasteiger partial charge is 0.471 e. The van der Waals surface area contributed by atoms with Gasteiger partial charge in [0.2, 0.25) is 5.91 Å². The summed E-state index contributed by atoms with van der Waals surface area (Å²) in [6, 6.07) is 5.03. The number of amides is 2.